The normalized spacial score (nSPS) is 11.5. The van der Waals surface area contributed by atoms with Crippen LogP contribution in [0.4, 0.5) is 0 Å². The van der Waals surface area contributed by atoms with Gasteiger partial charge in [-0.1, -0.05) is 109 Å². The Balaban J connectivity index is 1.32. The van der Waals surface area contributed by atoms with Crippen molar-refractivity contribution in [3.05, 3.63) is 169 Å². The zero-order chi connectivity index (χ0) is 30.6. The van der Waals surface area contributed by atoms with Crippen LogP contribution in [0.25, 0.3) is 77.2 Å². The van der Waals surface area contributed by atoms with Gasteiger partial charge in [-0.25, -0.2) is 0 Å². The Morgan fingerprint density at radius 2 is 0.935 bits per heavy atom. The molecule has 0 radical (unpaired) electrons. The summed E-state index contributed by atoms with van der Waals surface area (Å²) in [7, 11) is 0. The lowest BCUT2D eigenvalue weighted by molar-refractivity contribution is 1.18. The lowest BCUT2D eigenvalue weighted by atomic mass is 9.92. The van der Waals surface area contributed by atoms with Gasteiger partial charge in [-0.2, -0.15) is 5.26 Å². The molecular formula is C43H27N3. The Morgan fingerprint density at radius 1 is 0.391 bits per heavy atom. The summed E-state index contributed by atoms with van der Waals surface area (Å²) in [5.41, 5.74) is 11.8. The number of rotatable bonds is 4. The van der Waals surface area contributed by atoms with Crippen molar-refractivity contribution in [3.8, 4) is 39.7 Å². The highest BCUT2D eigenvalue weighted by Crippen LogP contribution is 2.41. The third kappa shape index (κ3) is 3.91. The molecule has 0 aliphatic rings. The van der Waals surface area contributed by atoms with E-state index in [1.54, 1.807) is 0 Å². The van der Waals surface area contributed by atoms with Gasteiger partial charge < -0.3 is 9.13 Å². The van der Waals surface area contributed by atoms with Crippen molar-refractivity contribution in [1.82, 2.24) is 9.13 Å². The fraction of sp³-hybridized carbons (Fsp3) is 0. The van der Waals surface area contributed by atoms with Crippen molar-refractivity contribution in [1.29, 1.82) is 5.26 Å². The fourth-order valence-corrected chi connectivity index (χ4v) is 7.16. The maximum absolute atomic E-state index is 10.0. The molecule has 0 unspecified atom stereocenters. The van der Waals surface area contributed by atoms with Crippen LogP contribution in [-0.4, -0.2) is 9.13 Å². The number of aromatic nitrogens is 2. The highest BCUT2D eigenvalue weighted by Gasteiger charge is 2.19. The standard InChI is InChI=1S/C43H27N3/c44-28-29-22-25-42(46-40-20-10-7-16-34(40)35-17-8-11-21-41(35)46)38(26-29)33-15-5-4-14-32(33)30-23-24-37-36-18-6-9-19-39(36)45(43(37)27-30)31-12-2-1-3-13-31/h1-27H. The van der Waals surface area contributed by atoms with E-state index in [1.807, 2.05) is 12.1 Å². The summed E-state index contributed by atoms with van der Waals surface area (Å²) >= 11 is 0. The molecule has 0 saturated heterocycles. The van der Waals surface area contributed by atoms with E-state index >= 15 is 0 Å². The zero-order valence-electron chi connectivity index (χ0n) is 24.9. The molecular weight excluding hydrogens is 558 g/mol. The number of nitrogens with zero attached hydrogens (tertiary/aromatic N) is 3. The third-order valence-corrected chi connectivity index (χ3v) is 9.16. The average Bonchev–Trinajstić information content (AvgIpc) is 3.64. The van der Waals surface area contributed by atoms with Crippen LogP contribution < -0.4 is 0 Å². The number of nitriles is 1. The van der Waals surface area contributed by atoms with Crippen LogP contribution in [0, 0.1) is 11.3 Å². The van der Waals surface area contributed by atoms with E-state index < -0.39 is 0 Å². The maximum Gasteiger partial charge on any atom is 0.0991 e. The number of fused-ring (bicyclic) bond motifs is 6. The maximum atomic E-state index is 10.0. The average molecular weight is 586 g/mol. The van der Waals surface area contributed by atoms with Crippen LogP contribution >= 0.6 is 0 Å². The summed E-state index contributed by atoms with van der Waals surface area (Å²) in [5, 5.41) is 14.9. The molecule has 0 spiro atoms. The molecule has 214 valence electrons. The van der Waals surface area contributed by atoms with Gasteiger partial charge in [0.15, 0.2) is 0 Å². The molecule has 0 bridgehead atoms. The Kier molecular flexibility index (Phi) is 5.88. The quantitative estimate of drug-likeness (QED) is 0.202. The summed E-state index contributed by atoms with van der Waals surface area (Å²) < 4.78 is 4.70. The van der Waals surface area contributed by atoms with E-state index in [9.17, 15) is 5.26 Å². The third-order valence-electron chi connectivity index (χ3n) is 9.16. The zero-order valence-corrected chi connectivity index (χ0v) is 24.9. The van der Waals surface area contributed by atoms with Crippen molar-refractivity contribution in [2.45, 2.75) is 0 Å². The second kappa shape index (κ2) is 10.4. The van der Waals surface area contributed by atoms with Crippen molar-refractivity contribution in [2.24, 2.45) is 0 Å². The first kappa shape index (κ1) is 26.1. The smallest absolute Gasteiger partial charge is 0.0991 e. The molecule has 0 amide bonds. The van der Waals surface area contributed by atoms with Gasteiger partial charge >= 0.3 is 0 Å². The molecule has 9 rings (SSSR count). The Labute approximate surface area is 266 Å². The number of hydrogen-bond donors (Lipinski definition) is 0. The SMILES string of the molecule is N#Cc1ccc(-n2c3ccccc3c3ccccc32)c(-c2ccccc2-c2ccc3c4ccccc4n(-c4ccccc4)c3c2)c1. The lowest BCUT2D eigenvalue weighted by Crippen LogP contribution is -1.99. The Bertz CT molecular complexity index is 2600. The Morgan fingerprint density at radius 3 is 1.59 bits per heavy atom. The molecule has 0 aliphatic carbocycles. The van der Waals surface area contributed by atoms with Gasteiger partial charge in [-0.3, -0.25) is 0 Å². The van der Waals surface area contributed by atoms with Crippen molar-refractivity contribution >= 4 is 43.6 Å². The van der Waals surface area contributed by atoms with E-state index in [-0.39, 0.29) is 0 Å². The fourth-order valence-electron chi connectivity index (χ4n) is 7.16. The van der Waals surface area contributed by atoms with Crippen LogP contribution in [0.2, 0.25) is 0 Å². The van der Waals surface area contributed by atoms with Gasteiger partial charge in [-0.15, -0.1) is 0 Å². The first-order chi connectivity index (χ1) is 22.8. The minimum atomic E-state index is 0.633. The van der Waals surface area contributed by atoms with Crippen LogP contribution in [0.5, 0.6) is 0 Å². The summed E-state index contributed by atoms with van der Waals surface area (Å²) in [5.74, 6) is 0. The van der Waals surface area contributed by atoms with Gasteiger partial charge in [0.1, 0.15) is 0 Å². The number of hydrogen-bond acceptors (Lipinski definition) is 1. The number of benzene rings is 7. The summed E-state index contributed by atoms with van der Waals surface area (Å²) in [6.45, 7) is 0. The molecule has 0 aliphatic heterocycles. The van der Waals surface area contributed by atoms with E-state index in [0.717, 1.165) is 50.2 Å². The highest BCUT2D eigenvalue weighted by molar-refractivity contribution is 6.11. The van der Waals surface area contributed by atoms with Gasteiger partial charge in [0, 0.05) is 32.8 Å². The summed E-state index contributed by atoms with van der Waals surface area (Å²) in [4.78, 5) is 0. The molecule has 3 heteroatoms. The van der Waals surface area contributed by atoms with Crippen LogP contribution in [0.15, 0.2) is 164 Å². The minimum Gasteiger partial charge on any atom is -0.309 e. The second-order valence-corrected chi connectivity index (χ2v) is 11.7. The number of para-hydroxylation sites is 4. The molecule has 3 nitrogen and oxygen atoms in total. The molecule has 0 atom stereocenters. The van der Waals surface area contributed by atoms with Gasteiger partial charge in [0.05, 0.1) is 39.4 Å². The highest BCUT2D eigenvalue weighted by atomic mass is 15.0. The van der Waals surface area contributed by atoms with E-state index in [2.05, 4.69) is 167 Å². The predicted molar refractivity (Wildman–Crippen MR) is 191 cm³/mol. The van der Waals surface area contributed by atoms with Crippen LogP contribution in [0.1, 0.15) is 5.56 Å². The summed E-state index contributed by atoms with van der Waals surface area (Å²) in [6.07, 6.45) is 0. The van der Waals surface area contributed by atoms with E-state index in [1.165, 1.54) is 27.1 Å². The minimum absolute atomic E-state index is 0.633. The topological polar surface area (TPSA) is 33.6 Å². The van der Waals surface area contributed by atoms with Gasteiger partial charge in [0.2, 0.25) is 0 Å². The molecule has 2 heterocycles. The predicted octanol–water partition coefficient (Wildman–Crippen LogP) is 11.1. The first-order valence-electron chi connectivity index (χ1n) is 15.5. The summed E-state index contributed by atoms with van der Waals surface area (Å²) in [6, 6.07) is 60.1. The van der Waals surface area contributed by atoms with Crippen molar-refractivity contribution < 1.29 is 0 Å². The van der Waals surface area contributed by atoms with E-state index in [0.29, 0.717) is 5.56 Å². The first-order valence-corrected chi connectivity index (χ1v) is 15.5. The monoisotopic (exact) mass is 585 g/mol. The van der Waals surface area contributed by atoms with E-state index in [4.69, 9.17) is 0 Å². The lowest BCUT2D eigenvalue weighted by Gasteiger charge is -2.17. The Hall–Kier alpha value is -6.37. The van der Waals surface area contributed by atoms with Gasteiger partial charge in [0.25, 0.3) is 0 Å². The second-order valence-electron chi connectivity index (χ2n) is 11.7. The molecule has 0 saturated carbocycles. The molecule has 0 N–H and O–H groups in total. The molecule has 9 aromatic rings. The van der Waals surface area contributed by atoms with Crippen LogP contribution in [0.3, 0.4) is 0 Å². The molecule has 2 aromatic heterocycles. The molecule has 7 aromatic carbocycles. The van der Waals surface area contributed by atoms with Gasteiger partial charge in [-0.05, 0) is 71.3 Å². The van der Waals surface area contributed by atoms with Crippen molar-refractivity contribution in [3.63, 3.8) is 0 Å². The molecule has 46 heavy (non-hydrogen) atoms. The van der Waals surface area contributed by atoms with Crippen molar-refractivity contribution in [2.75, 3.05) is 0 Å². The largest absolute Gasteiger partial charge is 0.309 e. The molecule has 0 fully saturated rings. The van der Waals surface area contributed by atoms with Crippen LogP contribution in [-0.2, 0) is 0 Å².